The topological polar surface area (TPSA) is 95.9 Å². The molecule has 0 heterocycles. The minimum absolute atomic E-state index is 0.0693. The second-order valence-electron chi connectivity index (χ2n) is 9.62. The summed E-state index contributed by atoms with van der Waals surface area (Å²) in [7, 11) is 0. The Morgan fingerprint density at radius 2 is 1.59 bits per heavy atom. The van der Waals surface area contributed by atoms with E-state index in [1.165, 1.54) is 4.90 Å². The first-order valence-corrected chi connectivity index (χ1v) is 11.8. The number of carbonyl (C=O) groups excluding carboxylic acids is 2. The van der Waals surface area contributed by atoms with E-state index in [9.17, 15) is 14.4 Å². The molecule has 0 aliphatic heterocycles. The van der Waals surface area contributed by atoms with Gasteiger partial charge in [-0.3, -0.25) is 9.59 Å². The van der Waals surface area contributed by atoms with E-state index in [4.69, 9.17) is 9.84 Å². The number of nitrogens with zero attached hydrogens (tertiary/aromatic N) is 1. The summed E-state index contributed by atoms with van der Waals surface area (Å²) in [5, 5.41) is 11.8. The van der Waals surface area contributed by atoms with Crippen LogP contribution in [0, 0.1) is 0 Å². The molecule has 0 fully saturated rings. The third kappa shape index (κ3) is 5.76. The number of nitrogens with one attached hydrogen (secondary N) is 1. The van der Waals surface area contributed by atoms with Gasteiger partial charge in [0, 0.05) is 18.0 Å². The summed E-state index contributed by atoms with van der Waals surface area (Å²) in [5.41, 5.74) is 3.94. The number of ether oxygens (including phenoxy) is 1. The van der Waals surface area contributed by atoms with Crippen molar-refractivity contribution in [2.45, 2.75) is 64.5 Å². The van der Waals surface area contributed by atoms with Crippen LogP contribution in [0.1, 0.15) is 64.0 Å². The van der Waals surface area contributed by atoms with Crippen LogP contribution in [-0.2, 0) is 14.3 Å². The lowest BCUT2D eigenvalue weighted by Gasteiger charge is -2.38. The predicted octanol–water partition coefficient (Wildman–Crippen LogP) is 4.80. The molecule has 2 amide bonds. The summed E-state index contributed by atoms with van der Waals surface area (Å²) in [4.78, 5) is 38.6. The highest BCUT2D eigenvalue weighted by Gasteiger charge is 2.34. The van der Waals surface area contributed by atoms with E-state index in [2.05, 4.69) is 17.4 Å². The van der Waals surface area contributed by atoms with Crippen LogP contribution in [0.3, 0.4) is 0 Å². The number of hydrogen-bond acceptors (Lipinski definition) is 4. The highest BCUT2D eigenvalue weighted by atomic mass is 16.5. The molecule has 0 spiro atoms. The number of hydrogen-bond donors (Lipinski definition) is 2. The smallest absolute Gasteiger partial charge is 0.407 e. The van der Waals surface area contributed by atoms with Crippen LogP contribution in [0.5, 0.6) is 0 Å². The predicted molar refractivity (Wildman–Crippen MR) is 131 cm³/mol. The molecule has 0 unspecified atom stereocenters. The third-order valence-electron chi connectivity index (χ3n) is 6.14. The normalized spacial score (nSPS) is 13.5. The van der Waals surface area contributed by atoms with Gasteiger partial charge in [-0.05, 0) is 49.4 Å². The number of aliphatic carboxylic acids is 1. The molecular formula is C27H34N2O5. The van der Waals surface area contributed by atoms with Gasteiger partial charge in [-0.1, -0.05) is 61.9 Å². The maximum atomic E-state index is 13.3. The number of carbonyl (C=O) groups is 3. The van der Waals surface area contributed by atoms with Crippen molar-refractivity contribution < 1.29 is 24.2 Å². The molecule has 2 N–H and O–H groups in total. The van der Waals surface area contributed by atoms with Gasteiger partial charge < -0.3 is 20.1 Å². The zero-order valence-corrected chi connectivity index (χ0v) is 20.3. The van der Waals surface area contributed by atoms with E-state index in [-0.39, 0.29) is 31.4 Å². The van der Waals surface area contributed by atoms with Crippen molar-refractivity contribution in [3.05, 3.63) is 59.7 Å². The maximum absolute atomic E-state index is 13.3. The fourth-order valence-corrected chi connectivity index (χ4v) is 4.50. The van der Waals surface area contributed by atoms with Gasteiger partial charge in [-0.25, -0.2) is 4.79 Å². The van der Waals surface area contributed by atoms with Gasteiger partial charge in [0.05, 0.1) is 6.42 Å². The molecule has 1 atom stereocenters. The highest BCUT2D eigenvalue weighted by Crippen LogP contribution is 2.44. The molecule has 2 aromatic rings. The fraction of sp³-hybridized carbons (Fsp3) is 0.444. The molecule has 0 bridgehead atoms. The molecule has 182 valence electrons. The fourth-order valence-electron chi connectivity index (χ4n) is 4.50. The zero-order valence-electron chi connectivity index (χ0n) is 20.3. The van der Waals surface area contributed by atoms with Gasteiger partial charge in [0.2, 0.25) is 5.91 Å². The van der Waals surface area contributed by atoms with Crippen molar-refractivity contribution in [3.63, 3.8) is 0 Å². The quantitative estimate of drug-likeness (QED) is 0.554. The highest BCUT2D eigenvalue weighted by molar-refractivity contribution is 5.86. The van der Waals surface area contributed by atoms with Crippen LogP contribution in [0.25, 0.3) is 11.1 Å². The number of amides is 2. The standard InChI is InChI=1S/C27H34N2O5/c1-5-10-23(25(32)29(27(2,3)4)16-15-24(30)31)28-26(33)34-17-22-20-13-8-6-11-18(20)19-12-7-9-14-21(19)22/h6-9,11-14,22-23H,5,10,15-17H2,1-4H3,(H,28,33)(H,30,31)/t23-/m0/s1. The van der Waals surface area contributed by atoms with E-state index in [1.54, 1.807) is 0 Å². The summed E-state index contributed by atoms with van der Waals surface area (Å²) in [6.07, 6.45) is 0.299. The first-order valence-electron chi connectivity index (χ1n) is 11.8. The van der Waals surface area contributed by atoms with E-state index >= 15 is 0 Å². The first kappa shape index (κ1) is 25.3. The Morgan fingerprint density at radius 3 is 2.09 bits per heavy atom. The van der Waals surface area contributed by atoms with Crippen LogP contribution in [0.2, 0.25) is 0 Å². The Kier molecular flexibility index (Phi) is 7.97. The third-order valence-corrected chi connectivity index (χ3v) is 6.14. The van der Waals surface area contributed by atoms with Crippen LogP contribution < -0.4 is 5.32 Å². The minimum Gasteiger partial charge on any atom is -0.481 e. The van der Waals surface area contributed by atoms with Gasteiger partial charge >= 0.3 is 12.1 Å². The number of rotatable bonds is 9. The molecule has 2 aromatic carbocycles. The van der Waals surface area contributed by atoms with Crippen LogP contribution in [0.15, 0.2) is 48.5 Å². The number of alkyl carbamates (subject to hydrolysis) is 1. The lowest BCUT2D eigenvalue weighted by atomic mass is 9.98. The molecular weight excluding hydrogens is 432 g/mol. The number of benzene rings is 2. The summed E-state index contributed by atoms with van der Waals surface area (Å²) in [6, 6.07) is 15.4. The summed E-state index contributed by atoms with van der Waals surface area (Å²) >= 11 is 0. The summed E-state index contributed by atoms with van der Waals surface area (Å²) in [5.74, 6) is -1.34. The molecule has 0 saturated heterocycles. The van der Waals surface area contributed by atoms with Crippen molar-refractivity contribution in [1.82, 2.24) is 10.2 Å². The Balaban J connectivity index is 1.69. The van der Waals surface area contributed by atoms with Crippen molar-refractivity contribution in [3.8, 4) is 11.1 Å². The van der Waals surface area contributed by atoms with Crippen LogP contribution in [0.4, 0.5) is 4.79 Å². The monoisotopic (exact) mass is 466 g/mol. The molecule has 1 aliphatic rings. The average Bonchev–Trinajstić information content (AvgIpc) is 3.10. The molecule has 7 nitrogen and oxygen atoms in total. The van der Waals surface area contributed by atoms with Crippen LogP contribution in [-0.4, -0.2) is 52.7 Å². The molecule has 1 aliphatic carbocycles. The second-order valence-corrected chi connectivity index (χ2v) is 9.62. The summed E-state index contributed by atoms with van der Waals surface area (Å²) in [6.45, 7) is 7.71. The Morgan fingerprint density at radius 1 is 1.03 bits per heavy atom. The molecule has 0 radical (unpaired) electrons. The SMILES string of the molecule is CCC[C@H](NC(=O)OCC1c2ccccc2-c2ccccc21)C(=O)N(CCC(=O)O)C(C)(C)C. The zero-order chi connectivity index (χ0) is 24.9. The van der Waals surface area contributed by atoms with Gasteiger partial charge in [-0.15, -0.1) is 0 Å². The van der Waals surface area contributed by atoms with E-state index in [0.29, 0.717) is 12.8 Å². The largest absolute Gasteiger partial charge is 0.481 e. The molecule has 0 aromatic heterocycles. The summed E-state index contributed by atoms with van der Waals surface area (Å²) < 4.78 is 5.62. The average molecular weight is 467 g/mol. The molecule has 0 saturated carbocycles. The van der Waals surface area contributed by atoms with Crippen molar-refractivity contribution in [2.24, 2.45) is 0 Å². The van der Waals surface area contributed by atoms with Gasteiger partial charge in [0.15, 0.2) is 0 Å². The molecule has 34 heavy (non-hydrogen) atoms. The van der Waals surface area contributed by atoms with E-state index < -0.39 is 23.6 Å². The lowest BCUT2D eigenvalue weighted by Crippen LogP contribution is -2.55. The van der Waals surface area contributed by atoms with Crippen molar-refractivity contribution in [2.75, 3.05) is 13.2 Å². The number of fused-ring (bicyclic) bond motifs is 3. The van der Waals surface area contributed by atoms with Crippen molar-refractivity contribution in [1.29, 1.82) is 0 Å². The Hall–Kier alpha value is -3.35. The Bertz CT molecular complexity index is 998. The van der Waals surface area contributed by atoms with Gasteiger partial charge in [-0.2, -0.15) is 0 Å². The van der Waals surface area contributed by atoms with Gasteiger partial charge in [0.25, 0.3) is 0 Å². The number of carboxylic acids is 1. The van der Waals surface area contributed by atoms with E-state index in [1.807, 2.05) is 64.1 Å². The minimum atomic E-state index is -0.974. The Labute approximate surface area is 201 Å². The maximum Gasteiger partial charge on any atom is 0.407 e. The molecule has 7 heteroatoms. The van der Waals surface area contributed by atoms with Crippen molar-refractivity contribution >= 4 is 18.0 Å². The molecule has 3 rings (SSSR count). The first-order chi connectivity index (χ1) is 16.1. The van der Waals surface area contributed by atoms with Gasteiger partial charge in [0.1, 0.15) is 12.6 Å². The second kappa shape index (κ2) is 10.7. The lowest BCUT2D eigenvalue weighted by molar-refractivity contribution is -0.141. The van der Waals surface area contributed by atoms with E-state index in [0.717, 1.165) is 22.3 Å². The van der Waals surface area contributed by atoms with Crippen LogP contribution >= 0.6 is 0 Å². The number of carboxylic acid groups (broad SMARTS) is 1.